The summed E-state index contributed by atoms with van der Waals surface area (Å²) in [6, 6.07) is 13.5. The van der Waals surface area contributed by atoms with Gasteiger partial charge in [-0.25, -0.2) is 8.42 Å². The van der Waals surface area contributed by atoms with Gasteiger partial charge in [-0.2, -0.15) is 0 Å². The van der Waals surface area contributed by atoms with E-state index in [4.69, 9.17) is 9.15 Å². The number of aromatic amines is 1. The number of furan rings is 1. The Morgan fingerprint density at radius 2 is 1.90 bits per heavy atom. The fourth-order valence-corrected chi connectivity index (χ4v) is 4.90. The number of aromatic nitrogens is 1. The molecule has 0 amide bonds. The van der Waals surface area contributed by atoms with Crippen molar-refractivity contribution in [2.24, 2.45) is 0 Å². The molecule has 0 bridgehead atoms. The molecule has 2 aromatic heterocycles. The number of fused-ring (bicyclic) bond motifs is 2. The van der Waals surface area contributed by atoms with E-state index in [0.29, 0.717) is 5.69 Å². The average Bonchev–Trinajstić information content (AvgIpc) is 3.33. The Morgan fingerprint density at radius 3 is 2.57 bits per heavy atom. The molecule has 4 aromatic rings. The molecule has 0 saturated heterocycles. The molecule has 0 saturated carbocycles. The maximum atomic E-state index is 11.8. The summed E-state index contributed by atoms with van der Waals surface area (Å²) in [5, 5.41) is 1.97. The second kappa shape index (κ2) is 7.40. The Hall–Kier alpha value is -2.93. The van der Waals surface area contributed by atoms with Crippen molar-refractivity contribution >= 4 is 37.6 Å². The summed E-state index contributed by atoms with van der Waals surface area (Å²) in [7, 11) is -1.73. The van der Waals surface area contributed by atoms with Crippen molar-refractivity contribution in [3.63, 3.8) is 0 Å². The molecule has 0 atom stereocenters. The first-order valence-electron chi connectivity index (χ1n) is 9.97. The largest absolute Gasteiger partial charge is 0.497 e. The maximum absolute atomic E-state index is 11.8. The molecular formula is C23H26N2O4S. The molecule has 0 radical (unpaired) electrons. The molecular weight excluding hydrogens is 400 g/mol. The highest BCUT2D eigenvalue weighted by Crippen LogP contribution is 2.45. The maximum Gasteiger partial charge on any atom is 0.229 e. The first kappa shape index (κ1) is 20.3. The normalized spacial score (nSPS) is 12.5. The van der Waals surface area contributed by atoms with Crippen LogP contribution < -0.4 is 9.46 Å². The van der Waals surface area contributed by atoms with Gasteiger partial charge in [-0.1, -0.05) is 26.0 Å². The molecule has 0 aliphatic carbocycles. The van der Waals surface area contributed by atoms with Crippen molar-refractivity contribution in [3.05, 3.63) is 60.0 Å². The lowest BCUT2D eigenvalue weighted by Crippen LogP contribution is -2.25. The molecule has 6 nitrogen and oxygen atoms in total. The topological polar surface area (TPSA) is 84.3 Å². The Balaban J connectivity index is 1.91. The summed E-state index contributed by atoms with van der Waals surface area (Å²) in [6.45, 7) is 4.30. The van der Waals surface area contributed by atoms with Crippen LogP contribution in [0, 0.1) is 0 Å². The Bertz CT molecular complexity index is 1310. The third-order valence-electron chi connectivity index (χ3n) is 5.93. The first-order chi connectivity index (χ1) is 14.3. The summed E-state index contributed by atoms with van der Waals surface area (Å²) in [5.74, 6) is 1.68. The van der Waals surface area contributed by atoms with Crippen LogP contribution in [0.1, 0.15) is 38.0 Å². The smallest absolute Gasteiger partial charge is 0.229 e. The Morgan fingerprint density at radius 1 is 1.13 bits per heavy atom. The summed E-state index contributed by atoms with van der Waals surface area (Å²) in [5.41, 5.74) is 2.86. The molecule has 0 fully saturated rings. The summed E-state index contributed by atoms with van der Waals surface area (Å²) < 4.78 is 37.8. The minimum absolute atomic E-state index is 0.353. The van der Waals surface area contributed by atoms with Gasteiger partial charge in [0.25, 0.3) is 0 Å². The van der Waals surface area contributed by atoms with Crippen LogP contribution in [0.5, 0.6) is 5.75 Å². The lowest BCUT2D eigenvalue weighted by Gasteiger charge is -2.29. The van der Waals surface area contributed by atoms with Crippen LogP contribution in [0.3, 0.4) is 0 Å². The lowest BCUT2D eigenvalue weighted by atomic mass is 9.73. The van der Waals surface area contributed by atoms with Crippen LogP contribution >= 0.6 is 0 Å². The Labute approximate surface area is 176 Å². The van der Waals surface area contributed by atoms with E-state index in [0.717, 1.165) is 58.0 Å². The van der Waals surface area contributed by atoms with Crippen molar-refractivity contribution in [1.82, 2.24) is 4.98 Å². The highest BCUT2D eigenvalue weighted by Gasteiger charge is 2.36. The number of methoxy groups -OCH3 is 1. The number of ether oxygens (including phenoxy) is 1. The predicted molar refractivity (Wildman–Crippen MR) is 121 cm³/mol. The molecule has 0 unspecified atom stereocenters. The Kier molecular flexibility index (Phi) is 5.02. The van der Waals surface area contributed by atoms with Crippen LogP contribution in [0.4, 0.5) is 5.69 Å². The van der Waals surface area contributed by atoms with Gasteiger partial charge in [-0.05, 0) is 48.7 Å². The quantitative estimate of drug-likeness (QED) is 0.414. The van der Waals surface area contributed by atoms with Gasteiger partial charge in [0, 0.05) is 17.0 Å². The van der Waals surface area contributed by atoms with Crippen LogP contribution in [0.25, 0.3) is 21.9 Å². The average molecular weight is 427 g/mol. The third-order valence-corrected chi connectivity index (χ3v) is 6.52. The third kappa shape index (κ3) is 3.33. The fourth-order valence-electron chi connectivity index (χ4n) is 4.33. The molecule has 0 spiro atoms. The molecule has 2 heterocycles. The molecule has 0 aliphatic rings. The number of nitrogens with one attached hydrogen (secondary N) is 2. The van der Waals surface area contributed by atoms with Gasteiger partial charge in [0.1, 0.15) is 17.1 Å². The van der Waals surface area contributed by atoms with E-state index in [1.165, 1.54) is 0 Å². The van der Waals surface area contributed by atoms with Crippen molar-refractivity contribution < 1.29 is 17.6 Å². The fraction of sp³-hybridized carbons (Fsp3) is 0.304. The van der Waals surface area contributed by atoms with Crippen LogP contribution in [-0.4, -0.2) is 26.8 Å². The molecule has 7 heteroatoms. The molecule has 158 valence electrons. The number of hydrogen-bond acceptors (Lipinski definition) is 4. The van der Waals surface area contributed by atoms with Crippen molar-refractivity contribution in [2.75, 3.05) is 18.1 Å². The number of rotatable bonds is 7. The SMILES string of the molecule is CCC(CC)(c1cc2cc(OC)ccc2o1)c1c[nH]c2c(NS(C)(=O)=O)cccc12. The number of para-hydroxylation sites is 1. The van der Waals surface area contributed by atoms with E-state index >= 15 is 0 Å². The van der Waals surface area contributed by atoms with Gasteiger partial charge in [0.15, 0.2) is 0 Å². The van der Waals surface area contributed by atoms with E-state index in [9.17, 15) is 8.42 Å². The highest BCUT2D eigenvalue weighted by atomic mass is 32.2. The zero-order valence-corrected chi connectivity index (χ0v) is 18.4. The second-order valence-corrected chi connectivity index (χ2v) is 9.36. The number of sulfonamides is 1. The first-order valence-corrected chi connectivity index (χ1v) is 11.9. The number of hydrogen-bond donors (Lipinski definition) is 2. The minimum atomic E-state index is -3.38. The summed E-state index contributed by atoms with van der Waals surface area (Å²) in [6.07, 6.45) is 4.79. The van der Waals surface area contributed by atoms with Crippen LogP contribution in [-0.2, 0) is 15.4 Å². The van der Waals surface area contributed by atoms with Crippen molar-refractivity contribution in [3.8, 4) is 5.75 Å². The van der Waals surface area contributed by atoms with E-state index < -0.39 is 10.0 Å². The number of benzene rings is 2. The van der Waals surface area contributed by atoms with E-state index in [-0.39, 0.29) is 5.41 Å². The van der Waals surface area contributed by atoms with Crippen molar-refractivity contribution in [2.45, 2.75) is 32.1 Å². The van der Waals surface area contributed by atoms with Gasteiger partial charge >= 0.3 is 0 Å². The number of anilines is 1. The van der Waals surface area contributed by atoms with E-state index in [1.807, 2.05) is 36.5 Å². The molecule has 30 heavy (non-hydrogen) atoms. The zero-order chi connectivity index (χ0) is 21.5. The number of H-pyrrole nitrogens is 1. The van der Waals surface area contributed by atoms with E-state index in [2.05, 4.69) is 29.6 Å². The summed E-state index contributed by atoms with van der Waals surface area (Å²) >= 11 is 0. The van der Waals surface area contributed by atoms with Gasteiger partial charge in [0.2, 0.25) is 10.0 Å². The zero-order valence-electron chi connectivity index (χ0n) is 17.6. The molecule has 2 N–H and O–H groups in total. The monoisotopic (exact) mass is 426 g/mol. The van der Waals surface area contributed by atoms with E-state index in [1.54, 1.807) is 13.2 Å². The standard InChI is InChI=1S/C23H26N2O4S/c1-5-23(6-2,21-13-15-12-16(28-3)10-11-20(15)29-21)18-14-24-22-17(18)8-7-9-19(22)25-30(4,26)27/h7-14,24-25H,5-6H2,1-4H3. The molecule has 4 rings (SSSR count). The van der Waals surface area contributed by atoms with Gasteiger partial charge in [-0.15, -0.1) is 0 Å². The van der Waals surface area contributed by atoms with Gasteiger partial charge in [-0.3, -0.25) is 4.72 Å². The van der Waals surface area contributed by atoms with Crippen LogP contribution in [0.15, 0.2) is 53.1 Å². The summed E-state index contributed by atoms with van der Waals surface area (Å²) in [4.78, 5) is 3.29. The lowest BCUT2D eigenvalue weighted by molar-refractivity contribution is 0.380. The highest BCUT2D eigenvalue weighted by molar-refractivity contribution is 7.92. The van der Waals surface area contributed by atoms with Crippen molar-refractivity contribution in [1.29, 1.82) is 0 Å². The molecule has 0 aliphatic heterocycles. The minimum Gasteiger partial charge on any atom is -0.497 e. The van der Waals surface area contributed by atoms with Gasteiger partial charge in [0.05, 0.1) is 30.0 Å². The molecule has 2 aromatic carbocycles. The van der Waals surface area contributed by atoms with Gasteiger partial charge < -0.3 is 14.1 Å². The predicted octanol–water partition coefficient (Wildman–Crippen LogP) is 5.40. The van der Waals surface area contributed by atoms with Crippen LogP contribution in [0.2, 0.25) is 0 Å². The second-order valence-electron chi connectivity index (χ2n) is 7.61.